The molecular weight excluding hydrogens is 444 g/mol. The van der Waals surface area contributed by atoms with Crippen LogP contribution in [0.4, 0.5) is 0 Å². The van der Waals surface area contributed by atoms with Crippen LogP contribution in [0.1, 0.15) is 71.8 Å². The summed E-state index contributed by atoms with van der Waals surface area (Å²) in [5.41, 5.74) is 2.27. The number of nitrogens with zero attached hydrogens (tertiary/aromatic N) is 5. The number of rotatable bonds is 5. The molecule has 2 aromatic heterocycles. The topological polar surface area (TPSA) is 102 Å². The van der Waals surface area contributed by atoms with Crippen molar-refractivity contribution in [3.05, 3.63) is 57.3 Å². The molecule has 2 amide bonds. The highest BCUT2D eigenvalue weighted by Gasteiger charge is 2.32. The van der Waals surface area contributed by atoms with E-state index in [0.717, 1.165) is 43.5 Å². The van der Waals surface area contributed by atoms with Crippen LogP contribution in [0.25, 0.3) is 10.8 Å². The molecule has 1 aromatic carbocycles. The summed E-state index contributed by atoms with van der Waals surface area (Å²) in [7, 11) is 1.56. The number of benzene rings is 1. The highest BCUT2D eigenvalue weighted by Crippen LogP contribution is 2.27. The number of amides is 2. The van der Waals surface area contributed by atoms with E-state index in [9.17, 15) is 14.4 Å². The molecule has 1 aliphatic carbocycles. The summed E-state index contributed by atoms with van der Waals surface area (Å²) in [5, 5.41) is 13.2. The molecule has 0 spiro atoms. The summed E-state index contributed by atoms with van der Waals surface area (Å²) >= 11 is 0. The first-order chi connectivity index (χ1) is 16.8. The second kappa shape index (κ2) is 9.28. The minimum absolute atomic E-state index is 0.157. The van der Waals surface area contributed by atoms with Gasteiger partial charge in [-0.3, -0.25) is 19.1 Å². The van der Waals surface area contributed by atoms with E-state index in [1.807, 2.05) is 4.68 Å². The maximum atomic E-state index is 13.7. The van der Waals surface area contributed by atoms with Gasteiger partial charge >= 0.3 is 0 Å². The number of fused-ring (bicyclic) bond motifs is 2. The Bertz CT molecular complexity index is 1350. The molecule has 9 heteroatoms. The quantitative estimate of drug-likeness (QED) is 0.610. The summed E-state index contributed by atoms with van der Waals surface area (Å²) in [5.74, 6) is -0.0255. The number of aryl methyl sites for hydroxylation is 1. The van der Waals surface area contributed by atoms with Crippen LogP contribution in [-0.2, 0) is 26.6 Å². The van der Waals surface area contributed by atoms with E-state index in [1.54, 1.807) is 36.2 Å². The highest BCUT2D eigenvalue weighted by molar-refractivity contribution is 6.05. The average Bonchev–Trinajstić information content (AvgIpc) is 3.48. The Balaban J connectivity index is 1.49. The SMILES string of the molecule is CC(C)Cn1nc(C(=O)NC2CCCC2)c2c1CCN(C(=O)c1nn(C)c(=O)c3ccccc13)C2. The Kier molecular flexibility index (Phi) is 6.17. The van der Waals surface area contributed by atoms with Crippen molar-refractivity contribution in [2.45, 2.75) is 65.1 Å². The Labute approximate surface area is 204 Å². The zero-order valence-corrected chi connectivity index (χ0v) is 20.6. The molecular formula is C26H32N6O3. The molecule has 184 valence electrons. The predicted molar refractivity (Wildman–Crippen MR) is 132 cm³/mol. The van der Waals surface area contributed by atoms with Gasteiger partial charge < -0.3 is 10.2 Å². The van der Waals surface area contributed by atoms with Gasteiger partial charge in [0, 0.05) is 49.2 Å². The van der Waals surface area contributed by atoms with Gasteiger partial charge in [0.15, 0.2) is 11.4 Å². The van der Waals surface area contributed by atoms with Crippen molar-refractivity contribution in [1.29, 1.82) is 0 Å². The first-order valence-corrected chi connectivity index (χ1v) is 12.5. The smallest absolute Gasteiger partial charge is 0.275 e. The first kappa shape index (κ1) is 23.3. The van der Waals surface area contributed by atoms with E-state index >= 15 is 0 Å². The van der Waals surface area contributed by atoms with E-state index in [4.69, 9.17) is 5.10 Å². The Hall–Kier alpha value is -3.49. The van der Waals surface area contributed by atoms with Crippen LogP contribution in [0.5, 0.6) is 0 Å². The Morgan fingerprint density at radius 1 is 1.09 bits per heavy atom. The number of hydrogen-bond acceptors (Lipinski definition) is 5. The van der Waals surface area contributed by atoms with Crippen LogP contribution in [-0.4, -0.2) is 48.9 Å². The largest absolute Gasteiger partial charge is 0.348 e. The number of nitrogens with one attached hydrogen (secondary N) is 1. The van der Waals surface area contributed by atoms with Crippen molar-refractivity contribution < 1.29 is 9.59 Å². The van der Waals surface area contributed by atoms with E-state index in [1.165, 1.54) is 4.68 Å². The molecule has 0 saturated heterocycles. The van der Waals surface area contributed by atoms with Crippen LogP contribution in [0.2, 0.25) is 0 Å². The molecule has 9 nitrogen and oxygen atoms in total. The summed E-state index contributed by atoms with van der Waals surface area (Å²) < 4.78 is 3.16. The third kappa shape index (κ3) is 4.35. The van der Waals surface area contributed by atoms with Crippen molar-refractivity contribution in [2.75, 3.05) is 6.54 Å². The molecule has 1 N–H and O–H groups in total. The minimum atomic E-state index is -0.249. The highest BCUT2D eigenvalue weighted by atomic mass is 16.2. The number of carbonyl (C=O) groups excluding carboxylic acids is 2. The normalized spacial score (nSPS) is 16.2. The molecule has 0 radical (unpaired) electrons. The summed E-state index contributed by atoms with van der Waals surface area (Å²) in [6.07, 6.45) is 4.87. The maximum Gasteiger partial charge on any atom is 0.275 e. The first-order valence-electron chi connectivity index (χ1n) is 12.5. The molecule has 0 unspecified atom stereocenters. The molecule has 1 fully saturated rings. The van der Waals surface area contributed by atoms with Gasteiger partial charge in [-0.1, -0.05) is 44.9 Å². The minimum Gasteiger partial charge on any atom is -0.348 e. The molecule has 2 aliphatic rings. The Morgan fingerprint density at radius 2 is 1.80 bits per heavy atom. The molecule has 3 heterocycles. The van der Waals surface area contributed by atoms with Crippen LogP contribution >= 0.6 is 0 Å². The van der Waals surface area contributed by atoms with Crippen molar-refractivity contribution in [3.63, 3.8) is 0 Å². The predicted octanol–water partition coefficient (Wildman–Crippen LogP) is 2.66. The van der Waals surface area contributed by atoms with E-state index < -0.39 is 0 Å². The van der Waals surface area contributed by atoms with Gasteiger partial charge in [-0.05, 0) is 24.8 Å². The van der Waals surface area contributed by atoms with E-state index in [0.29, 0.717) is 41.9 Å². The molecule has 0 bridgehead atoms. The fourth-order valence-corrected chi connectivity index (χ4v) is 5.27. The number of carbonyl (C=O) groups is 2. The fourth-order valence-electron chi connectivity index (χ4n) is 5.27. The molecule has 5 rings (SSSR count). The van der Waals surface area contributed by atoms with Crippen LogP contribution < -0.4 is 10.9 Å². The van der Waals surface area contributed by atoms with Crippen LogP contribution in [0.15, 0.2) is 29.1 Å². The third-order valence-electron chi connectivity index (χ3n) is 7.02. The van der Waals surface area contributed by atoms with Gasteiger partial charge in [0.1, 0.15) is 0 Å². The zero-order valence-electron chi connectivity index (χ0n) is 20.6. The molecule has 1 aliphatic heterocycles. The lowest BCUT2D eigenvalue weighted by Gasteiger charge is -2.28. The summed E-state index contributed by atoms with van der Waals surface area (Å²) in [4.78, 5) is 41.1. The lowest BCUT2D eigenvalue weighted by Crippen LogP contribution is -2.39. The second-order valence-corrected chi connectivity index (χ2v) is 10.1. The van der Waals surface area contributed by atoms with Gasteiger partial charge in [0.2, 0.25) is 0 Å². The van der Waals surface area contributed by atoms with Crippen LogP contribution in [0, 0.1) is 5.92 Å². The fraction of sp³-hybridized carbons (Fsp3) is 0.500. The second-order valence-electron chi connectivity index (χ2n) is 10.1. The monoisotopic (exact) mass is 476 g/mol. The standard InChI is InChI=1S/C26H32N6O3/c1-16(2)14-32-21-12-13-31(15-20(21)22(29-32)24(33)27-17-8-4-5-9-17)26(35)23-18-10-6-7-11-19(18)25(34)30(3)28-23/h6-7,10-11,16-17H,4-5,8-9,12-15H2,1-3H3,(H,27,33). The lowest BCUT2D eigenvalue weighted by molar-refractivity contribution is 0.0723. The summed E-state index contributed by atoms with van der Waals surface area (Å²) in [6, 6.07) is 7.25. The summed E-state index contributed by atoms with van der Waals surface area (Å²) in [6.45, 7) is 5.76. The molecule has 35 heavy (non-hydrogen) atoms. The van der Waals surface area contributed by atoms with Gasteiger partial charge in [0.25, 0.3) is 17.4 Å². The lowest BCUT2D eigenvalue weighted by atomic mass is 10.0. The Morgan fingerprint density at radius 3 is 2.51 bits per heavy atom. The van der Waals surface area contributed by atoms with Crippen LogP contribution in [0.3, 0.4) is 0 Å². The van der Waals surface area contributed by atoms with E-state index in [2.05, 4.69) is 24.3 Å². The molecule has 0 atom stereocenters. The zero-order chi connectivity index (χ0) is 24.7. The molecule has 1 saturated carbocycles. The van der Waals surface area contributed by atoms with Gasteiger partial charge in [-0.2, -0.15) is 10.2 Å². The maximum absolute atomic E-state index is 13.7. The third-order valence-corrected chi connectivity index (χ3v) is 7.02. The van der Waals surface area contributed by atoms with E-state index in [-0.39, 0.29) is 29.1 Å². The van der Waals surface area contributed by atoms with Gasteiger partial charge in [-0.25, -0.2) is 4.68 Å². The van der Waals surface area contributed by atoms with Gasteiger partial charge in [-0.15, -0.1) is 0 Å². The van der Waals surface area contributed by atoms with Crippen molar-refractivity contribution in [1.82, 2.24) is 29.8 Å². The van der Waals surface area contributed by atoms with Crippen molar-refractivity contribution in [2.24, 2.45) is 13.0 Å². The molecule has 3 aromatic rings. The van der Waals surface area contributed by atoms with Crippen molar-refractivity contribution in [3.8, 4) is 0 Å². The van der Waals surface area contributed by atoms with Gasteiger partial charge in [0.05, 0.1) is 11.9 Å². The average molecular weight is 477 g/mol. The van der Waals surface area contributed by atoms with Crippen molar-refractivity contribution >= 4 is 22.6 Å². The number of hydrogen-bond donors (Lipinski definition) is 1. The number of aromatic nitrogens is 4.